The van der Waals surface area contributed by atoms with Crippen molar-refractivity contribution in [1.82, 2.24) is 25.4 Å². The van der Waals surface area contributed by atoms with Gasteiger partial charge in [-0.15, -0.1) is 0 Å². The summed E-state index contributed by atoms with van der Waals surface area (Å²) in [7, 11) is 3.81. The highest BCUT2D eigenvalue weighted by molar-refractivity contribution is 7.98. The van der Waals surface area contributed by atoms with Crippen LogP contribution in [0, 0.1) is 5.82 Å². The molecule has 2 N–H and O–H groups in total. The molecule has 1 amide bonds. The van der Waals surface area contributed by atoms with Crippen LogP contribution in [0.3, 0.4) is 0 Å². The molecule has 28 heavy (non-hydrogen) atoms. The van der Waals surface area contributed by atoms with Crippen molar-refractivity contribution in [2.75, 3.05) is 20.6 Å². The number of hydrogen-bond donors (Lipinski definition) is 2. The number of H-pyrrole nitrogens is 1. The second-order valence-electron chi connectivity index (χ2n) is 6.52. The molecular weight excluding hydrogens is 377 g/mol. The zero-order valence-corrected chi connectivity index (χ0v) is 16.5. The van der Waals surface area contributed by atoms with Crippen molar-refractivity contribution in [1.29, 1.82) is 0 Å². The molecule has 146 valence electrons. The normalized spacial score (nSPS) is 12.1. The Bertz CT molecular complexity index is 899. The Balaban J connectivity index is 1.57. The van der Waals surface area contributed by atoms with E-state index < -0.39 is 0 Å². The third kappa shape index (κ3) is 5.40. The molecule has 0 saturated heterocycles. The highest BCUT2D eigenvalue weighted by Crippen LogP contribution is 2.20. The summed E-state index contributed by atoms with van der Waals surface area (Å²) < 4.78 is 13.5. The molecule has 0 aliphatic heterocycles. The predicted octanol–water partition coefficient (Wildman–Crippen LogP) is 3.27. The lowest BCUT2D eigenvalue weighted by molar-refractivity contribution is 0.0942. The van der Waals surface area contributed by atoms with E-state index in [2.05, 4.69) is 20.5 Å². The summed E-state index contributed by atoms with van der Waals surface area (Å²) in [6, 6.07) is 13.8. The first-order valence-electron chi connectivity index (χ1n) is 8.80. The molecule has 0 spiro atoms. The smallest absolute Gasteiger partial charge is 0.251 e. The van der Waals surface area contributed by atoms with Crippen molar-refractivity contribution >= 4 is 17.7 Å². The van der Waals surface area contributed by atoms with Gasteiger partial charge in [0.2, 0.25) is 0 Å². The van der Waals surface area contributed by atoms with Crippen LogP contribution in [0.25, 0.3) is 0 Å². The number of thioether (sulfide) groups is 1. The van der Waals surface area contributed by atoms with Crippen LogP contribution in [0.5, 0.6) is 0 Å². The summed E-state index contributed by atoms with van der Waals surface area (Å²) in [5, 5.41) is 10.3. The van der Waals surface area contributed by atoms with Gasteiger partial charge in [-0.05, 0) is 49.5 Å². The third-order valence-electron chi connectivity index (χ3n) is 4.30. The number of halogens is 1. The molecule has 6 nitrogen and oxygen atoms in total. The number of carbonyl (C=O) groups is 1. The number of hydrogen-bond acceptors (Lipinski definition) is 5. The van der Waals surface area contributed by atoms with Crippen LogP contribution in [-0.2, 0) is 5.75 Å². The van der Waals surface area contributed by atoms with Gasteiger partial charge in [0.15, 0.2) is 5.16 Å². The van der Waals surface area contributed by atoms with Crippen molar-refractivity contribution in [2.45, 2.75) is 17.0 Å². The van der Waals surface area contributed by atoms with E-state index in [1.54, 1.807) is 30.0 Å². The minimum atomic E-state index is -0.283. The molecule has 0 bridgehead atoms. The molecule has 0 unspecified atom stereocenters. The Hall–Kier alpha value is -2.71. The topological polar surface area (TPSA) is 73.9 Å². The third-order valence-corrected chi connectivity index (χ3v) is 5.25. The lowest BCUT2D eigenvalue weighted by atomic mass is 10.1. The van der Waals surface area contributed by atoms with Gasteiger partial charge in [0.25, 0.3) is 5.91 Å². The number of likely N-dealkylation sites (N-methyl/N-ethyl adjacent to an activating group) is 1. The first-order valence-corrected chi connectivity index (χ1v) is 9.78. The molecule has 8 heteroatoms. The van der Waals surface area contributed by atoms with E-state index in [9.17, 15) is 9.18 Å². The fourth-order valence-corrected chi connectivity index (χ4v) is 3.51. The lowest BCUT2D eigenvalue weighted by Gasteiger charge is -2.25. The maximum absolute atomic E-state index is 13.5. The zero-order valence-electron chi connectivity index (χ0n) is 15.7. The molecule has 3 rings (SSSR count). The first-order chi connectivity index (χ1) is 13.5. The van der Waals surface area contributed by atoms with Crippen LogP contribution in [0.1, 0.15) is 27.5 Å². The molecule has 0 fully saturated rings. The SMILES string of the molecule is CN(C)[C@H](CNC(=O)c1ccc(CSc2ncn[nH]2)cc1)c1cccc(F)c1. The number of carbonyl (C=O) groups excluding carboxylic acids is 1. The maximum Gasteiger partial charge on any atom is 0.251 e. The number of rotatable bonds is 8. The average Bonchev–Trinajstić information content (AvgIpc) is 3.20. The maximum atomic E-state index is 13.5. The highest BCUT2D eigenvalue weighted by Gasteiger charge is 2.16. The Morgan fingerprint density at radius 1 is 1.25 bits per heavy atom. The van der Waals surface area contributed by atoms with Gasteiger partial charge in [0.1, 0.15) is 12.1 Å². The lowest BCUT2D eigenvalue weighted by Crippen LogP contribution is -2.34. The number of amides is 1. The minimum Gasteiger partial charge on any atom is -0.350 e. The molecule has 0 aliphatic rings. The quantitative estimate of drug-likeness (QED) is 0.569. The summed E-state index contributed by atoms with van der Waals surface area (Å²) >= 11 is 1.54. The van der Waals surface area contributed by atoms with Gasteiger partial charge >= 0.3 is 0 Å². The second-order valence-corrected chi connectivity index (χ2v) is 7.48. The predicted molar refractivity (Wildman–Crippen MR) is 108 cm³/mol. The molecule has 1 atom stereocenters. The van der Waals surface area contributed by atoms with Crippen LogP contribution in [0.2, 0.25) is 0 Å². The van der Waals surface area contributed by atoms with Crippen molar-refractivity contribution in [3.8, 4) is 0 Å². The molecule has 1 heterocycles. The van der Waals surface area contributed by atoms with E-state index in [0.29, 0.717) is 12.1 Å². The summed E-state index contributed by atoms with van der Waals surface area (Å²) in [4.78, 5) is 18.5. The summed E-state index contributed by atoms with van der Waals surface area (Å²) in [5.74, 6) is 0.298. The van der Waals surface area contributed by atoms with E-state index in [4.69, 9.17) is 0 Å². The molecule has 2 aromatic carbocycles. The van der Waals surface area contributed by atoms with Crippen LogP contribution in [0.15, 0.2) is 60.0 Å². The fraction of sp³-hybridized carbons (Fsp3) is 0.250. The van der Waals surface area contributed by atoms with Gasteiger partial charge in [-0.3, -0.25) is 9.89 Å². The van der Waals surface area contributed by atoms with Crippen LogP contribution in [-0.4, -0.2) is 46.6 Å². The monoisotopic (exact) mass is 399 g/mol. The molecule has 0 saturated carbocycles. The molecule has 0 aliphatic carbocycles. The standard InChI is InChI=1S/C20H22FN5OS/c1-26(2)18(16-4-3-5-17(21)10-16)11-22-19(27)15-8-6-14(7-9-15)12-28-20-23-13-24-25-20/h3-10,13,18H,11-12H2,1-2H3,(H,22,27)(H,23,24,25)/t18-/m1/s1. The van der Waals surface area contributed by atoms with Gasteiger partial charge in [-0.2, -0.15) is 5.10 Å². The van der Waals surface area contributed by atoms with Crippen molar-refractivity contribution in [3.05, 3.63) is 77.4 Å². The number of nitrogens with zero attached hydrogens (tertiary/aromatic N) is 3. The van der Waals surface area contributed by atoms with Crippen molar-refractivity contribution in [2.24, 2.45) is 0 Å². The van der Waals surface area contributed by atoms with Gasteiger partial charge in [0, 0.05) is 17.9 Å². The summed E-state index contributed by atoms with van der Waals surface area (Å²) in [6.45, 7) is 0.387. The van der Waals surface area contributed by atoms with Crippen molar-refractivity contribution < 1.29 is 9.18 Å². The van der Waals surface area contributed by atoms with Gasteiger partial charge in [-0.25, -0.2) is 9.37 Å². The molecule has 0 radical (unpaired) electrons. The summed E-state index contributed by atoms with van der Waals surface area (Å²) in [6.07, 6.45) is 1.47. The first kappa shape index (κ1) is 20.0. The number of benzene rings is 2. The van der Waals surface area contributed by atoms with Gasteiger partial charge < -0.3 is 10.2 Å². The van der Waals surface area contributed by atoms with Crippen LogP contribution < -0.4 is 5.32 Å². The number of aromatic nitrogens is 3. The van der Waals surface area contributed by atoms with E-state index in [1.807, 2.05) is 37.2 Å². The Morgan fingerprint density at radius 3 is 2.68 bits per heavy atom. The van der Waals surface area contributed by atoms with Gasteiger partial charge in [-0.1, -0.05) is 36.0 Å². The van der Waals surface area contributed by atoms with E-state index in [1.165, 1.54) is 18.5 Å². The van der Waals surface area contributed by atoms with Crippen LogP contribution >= 0.6 is 11.8 Å². The Morgan fingerprint density at radius 2 is 2.04 bits per heavy atom. The minimum absolute atomic E-state index is 0.114. The fourth-order valence-electron chi connectivity index (χ4n) is 2.77. The second kappa shape index (κ2) is 9.48. The Labute approximate surface area is 167 Å². The largest absolute Gasteiger partial charge is 0.350 e. The highest BCUT2D eigenvalue weighted by atomic mass is 32.2. The number of nitrogens with one attached hydrogen (secondary N) is 2. The molecular formula is C20H22FN5OS. The van der Waals surface area contributed by atoms with Crippen molar-refractivity contribution in [3.63, 3.8) is 0 Å². The van der Waals surface area contributed by atoms with Crippen LogP contribution in [0.4, 0.5) is 4.39 Å². The average molecular weight is 399 g/mol. The van der Waals surface area contributed by atoms with E-state index in [0.717, 1.165) is 22.0 Å². The zero-order chi connectivity index (χ0) is 19.9. The Kier molecular flexibility index (Phi) is 6.78. The van der Waals surface area contributed by atoms with E-state index >= 15 is 0 Å². The summed E-state index contributed by atoms with van der Waals surface area (Å²) in [5.41, 5.74) is 2.50. The molecule has 3 aromatic rings. The molecule has 1 aromatic heterocycles. The van der Waals surface area contributed by atoms with E-state index in [-0.39, 0.29) is 17.8 Å². The van der Waals surface area contributed by atoms with Gasteiger partial charge in [0.05, 0.1) is 6.04 Å². The number of aromatic amines is 1.